The first-order valence-electron chi connectivity index (χ1n) is 9.71. The van der Waals surface area contributed by atoms with E-state index in [0.29, 0.717) is 21.4 Å². The Kier molecular flexibility index (Phi) is 7.64. The third-order valence-corrected chi connectivity index (χ3v) is 6.06. The SMILES string of the molecule is CCOC(=O)CSc1nnc(N)n1C(C)C(=O)Nc1nc2ccc(C(=O)OCC)cc2s1. The van der Waals surface area contributed by atoms with E-state index in [1.54, 1.807) is 39.0 Å². The fourth-order valence-electron chi connectivity index (χ4n) is 2.72. The number of ether oxygens (including phenoxy) is 2. The first-order chi connectivity index (χ1) is 15.3. The van der Waals surface area contributed by atoms with Gasteiger partial charge in [-0.05, 0) is 39.0 Å². The normalized spacial score (nSPS) is 11.8. The molecule has 3 N–H and O–H groups in total. The van der Waals surface area contributed by atoms with Crippen LogP contribution in [0.25, 0.3) is 10.2 Å². The highest BCUT2D eigenvalue weighted by Crippen LogP contribution is 2.29. The van der Waals surface area contributed by atoms with Crippen molar-refractivity contribution in [3.05, 3.63) is 23.8 Å². The quantitative estimate of drug-likeness (QED) is 0.346. The molecule has 1 aromatic carbocycles. The molecule has 11 nitrogen and oxygen atoms in total. The van der Waals surface area contributed by atoms with Crippen LogP contribution >= 0.6 is 23.1 Å². The Morgan fingerprint density at radius 2 is 1.97 bits per heavy atom. The standard InChI is InChI=1S/C19H22N6O5S2/c1-4-29-14(26)9-31-19-24-23-17(20)25(19)10(3)15(27)22-18-21-12-7-6-11(8-13(12)32-18)16(28)30-5-2/h6-8,10H,4-5,9H2,1-3H3,(H2,20,23)(H,21,22,27). The van der Waals surface area contributed by atoms with Crippen molar-refractivity contribution in [1.29, 1.82) is 0 Å². The van der Waals surface area contributed by atoms with Crippen molar-refractivity contribution in [3.63, 3.8) is 0 Å². The van der Waals surface area contributed by atoms with Crippen molar-refractivity contribution in [2.75, 3.05) is 30.0 Å². The van der Waals surface area contributed by atoms with Gasteiger partial charge in [0.25, 0.3) is 0 Å². The fraction of sp³-hybridized carbons (Fsp3) is 0.368. The van der Waals surface area contributed by atoms with Crippen LogP contribution in [0, 0.1) is 0 Å². The molecule has 1 unspecified atom stereocenters. The summed E-state index contributed by atoms with van der Waals surface area (Å²) in [6.07, 6.45) is 0. The Labute approximate surface area is 191 Å². The second-order valence-corrected chi connectivity index (χ2v) is 8.36. The Morgan fingerprint density at radius 3 is 2.69 bits per heavy atom. The summed E-state index contributed by atoms with van der Waals surface area (Å²) in [7, 11) is 0. The molecule has 0 spiro atoms. The molecule has 0 saturated carbocycles. The number of fused-ring (bicyclic) bond motifs is 1. The summed E-state index contributed by atoms with van der Waals surface area (Å²) in [6, 6.07) is 4.22. The van der Waals surface area contributed by atoms with Crippen molar-refractivity contribution < 1.29 is 23.9 Å². The van der Waals surface area contributed by atoms with Crippen LogP contribution in [-0.4, -0.2) is 56.6 Å². The maximum atomic E-state index is 12.8. The van der Waals surface area contributed by atoms with E-state index in [1.165, 1.54) is 15.9 Å². The number of nitrogens with zero attached hydrogens (tertiary/aromatic N) is 4. The van der Waals surface area contributed by atoms with Gasteiger partial charge in [0.15, 0.2) is 10.3 Å². The summed E-state index contributed by atoms with van der Waals surface area (Å²) in [5.41, 5.74) is 6.94. The van der Waals surface area contributed by atoms with E-state index >= 15 is 0 Å². The Morgan fingerprint density at radius 1 is 1.22 bits per heavy atom. The zero-order valence-corrected chi connectivity index (χ0v) is 19.3. The summed E-state index contributed by atoms with van der Waals surface area (Å²) >= 11 is 2.31. The molecule has 3 aromatic rings. The van der Waals surface area contributed by atoms with Gasteiger partial charge in [-0.25, -0.2) is 9.78 Å². The number of anilines is 2. The molecule has 1 atom stereocenters. The number of carbonyl (C=O) groups excluding carboxylic acids is 3. The predicted molar refractivity (Wildman–Crippen MR) is 121 cm³/mol. The van der Waals surface area contributed by atoms with Gasteiger partial charge < -0.3 is 20.5 Å². The van der Waals surface area contributed by atoms with Gasteiger partial charge in [-0.3, -0.25) is 14.2 Å². The van der Waals surface area contributed by atoms with E-state index in [2.05, 4.69) is 20.5 Å². The van der Waals surface area contributed by atoms with Crippen molar-refractivity contribution in [1.82, 2.24) is 19.7 Å². The second kappa shape index (κ2) is 10.4. The summed E-state index contributed by atoms with van der Waals surface area (Å²) < 4.78 is 12.1. The molecule has 2 heterocycles. The number of thiazole rings is 1. The van der Waals surface area contributed by atoms with Gasteiger partial charge in [0.2, 0.25) is 11.9 Å². The Hall–Kier alpha value is -3.19. The topological polar surface area (TPSA) is 151 Å². The van der Waals surface area contributed by atoms with E-state index in [-0.39, 0.29) is 30.8 Å². The molecule has 13 heteroatoms. The van der Waals surface area contributed by atoms with Crippen LogP contribution in [0.15, 0.2) is 23.4 Å². The van der Waals surface area contributed by atoms with Gasteiger partial charge in [-0.1, -0.05) is 23.1 Å². The maximum Gasteiger partial charge on any atom is 0.338 e. The molecule has 32 heavy (non-hydrogen) atoms. The third kappa shape index (κ3) is 5.34. The van der Waals surface area contributed by atoms with E-state index in [4.69, 9.17) is 15.2 Å². The molecule has 1 amide bonds. The lowest BCUT2D eigenvalue weighted by atomic mass is 10.2. The second-order valence-electron chi connectivity index (χ2n) is 6.39. The minimum atomic E-state index is -0.767. The van der Waals surface area contributed by atoms with Gasteiger partial charge >= 0.3 is 11.9 Å². The number of nitrogens with one attached hydrogen (secondary N) is 1. The number of nitrogen functional groups attached to an aromatic ring is 1. The monoisotopic (exact) mass is 478 g/mol. The third-order valence-electron chi connectivity index (χ3n) is 4.21. The average Bonchev–Trinajstić information content (AvgIpc) is 3.33. The van der Waals surface area contributed by atoms with E-state index in [9.17, 15) is 14.4 Å². The minimum absolute atomic E-state index is 0.0149. The number of rotatable bonds is 9. The van der Waals surface area contributed by atoms with E-state index in [0.717, 1.165) is 16.5 Å². The largest absolute Gasteiger partial charge is 0.465 e. The predicted octanol–water partition coefficient (Wildman–Crippen LogP) is 2.50. The molecule has 0 saturated heterocycles. The Balaban J connectivity index is 1.73. The number of aromatic nitrogens is 4. The molecule has 0 aliphatic carbocycles. The molecule has 0 aliphatic rings. The van der Waals surface area contributed by atoms with Gasteiger partial charge in [-0.2, -0.15) is 0 Å². The van der Waals surface area contributed by atoms with Crippen LogP contribution < -0.4 is 11.1 Å². The van der Waals surface area contributed by atoms with Crippen LogP contribution in [-0.2, 0) is 19.1 Å². The number of benzene rings is 1. The van der Waals surface area contributed by atoms with Gasteiger partial charge in [-0.15, -0.1) is 10.2 Å². The maximum absolute atomic E-state index is 12.8. The highest BCUT2D eigenvalue weighted by molar-refractivity contribution is 7.99. The van der Waals surface area contributed by atoms with Crippen LogP contribution in [0.4, 0.5) is 11.1 Å². The van der Waals surface area contributed by atoms with Crippen LogP contribution in [0.2, 0.25) is 0 Å². The van der Waals surface area contributed by atoms with Crippen LogP contribution in [0.5, 0.6) is 0 Å². The summed E-state index contributed by atoms with van der Waals surface area (Å²) in [5.74, 6) is -1.15. The van der Waals surface area contributed by atoms with Crippen LogP contribution in [0.1, 0.15) is 37.2 Å². The van der Waals surface area contributed by atoms with E-state index in [1.807, 2.05) is 0 Å². The molecule has 0 bridgehead atoms. The van der Waals surface area contributed by atoms with Crippen LogP contribution in [0.3, 0.4) is 0 Å². The molecule has 3 rings (SSSR count). The lowest BCUT2D eigenvalue weighted by molar-refractivity contribution is -0.139. The highest BCUT2D eigenvalue weighted by atomic mass is 32.2. The molecule has 2 aromatic heterocycles. The minimum Gasteiger partial charge on any atom is -0.465 e. The zero-order chi connectivity index (χ0) is 23.3. The first-order valence-corrected chi connectivity index (χ1v) is 11.5. The van der Waals surface area contributed by atoms with Crippen molar-refractivity contribution >= 4 is 62.2 Å². The highest BCUT2D eigenvalue weighted by Gasteiger charge is 2.24. The molecular weight excluding hydrogens is 456 g/mol. The Bertz CT molecular complexity index is 1140. The van der Waals surface area contributed by atoms with Crippen molar-refractivity contribution in [2.45, 2.75) is 32.0 Å². The summed E-state index contributed by atoms with van der Waals surface area (Å²) in [5, 5.41) is 11.2. The molecular formula is C19H22N6O5S2. The molecule has 0 radical (unpaired) electrons. The fourth-order valence-corrected chi connectivity index (χ4v) is 4.45. The lowest BCUT2D eigenvalue weighted by Crippen LogP contribution is -2.25. The number of thioether (sulfide) groups is 1. The van der Waals surface area contributed by atoms with Gasteiger partial charge in [0, 0.05) is 0 Å². The number of esters is 2. The first kappa shape index (κ1) is 23.5. The molecule has 0 fully saturated rings. The average molecular weight is 479 g/mol. The number of hydrogen-bond acceptors (Lipinski definition) is 11. The smallest absolute Gasteiger partial charge is 0.338 e. The summed E-state index contributed by atoms with van der Waals surface area (Å²) in [6.45, 7) is 5.65. The lowest BCUT2D eigenvalue weighted by Gasteiger charge is -2.15. The van der Waals surface area contributed by atoms with Gasteiger partial charge in [0.1, 0.15) is 6.04 Å². The molecule has 170 valence electrons. The van der Waals surface area contributed by atoms with Crippen molar-refractivity contribution in [2.24, 2.45) is 0 Å². The van der Waals surface area contributed by atoms with Gasteiger partial charge in [0.05, 0.1) is 34.7 Å². The molecule has 0 aliphatic heterocycles. The van der Waals surface area contributed by atoms with Crippen molar-refractivity contribution in [3.8, 4) is 0 Å². The zero-order valence-electron chi connectivity index (χ0n) is 17.7. The van der Waals surface area contributed by atoms with E-state index < -0.39 is 18.0 Å². The number of carbonyl (C=O) groups is 3. The number of hydrogen-bond donors (Lipinski definition) is 2. The number of amides is 1. The summed E-state index contributed by atoms with van der Waals surface area (Å²) in [4.78, 5) is 40.8. The number of nitrogens with two attached hydrogens (primary N) is 1.